The molecule has 7 rings (SSSR count). The summed E-state index contributed by atoms with van der Waals surface area (Å²) in [6.45, 7) is 13.1. The average Bonchev–Trinajstić information content (AvgIpc) is 4.04. The first-order chi connectivity index (χ1) is 33.7. The summed E-state index contributed by atoms with van der Waals surface area (Å²) in [5.41, 5.74) is 3.82. The number of ether oxygens (including phenoxy) is 1. The molecule has 0 aliphatic carbocycles. The number of piperidine rings is 1. The number of aliphatic hydroxyl groups excluding tert-OH is 1. The summed E-state index contributed by atoms with van der Waals surface area (Å²) in [5, 5.41) is 26.4. The molecule has 382 valence electrons. The lowest BCUT2D eigenvalue weighted by molar-refractivity contribution is -0.143. The Morgan fingerprint density at radius 3 is 2.37 bits per heavy atom. The molecule has 0 bridgehead atoms. The highest BCUT2D eigenvalue weighted by molar-refractivity contribution is 7.13. The normalized spacial score (nSPS) is 18.3. The van der Waals surface area contributed by atoms with Gasteiger partial charge in [0.2, 0.25) is 17.7 Å². The van der Waals surface area contributed by atoms with E-state index in [0.29, 0.717) is 63.2 Å². The molecular formula is C50H63F3N10O7S. The van der Waals surface area contributed by atoms with Crippen LogP contribution in [0.2, 0.25) is 0 Å². The predicted molar refractivity (Wildman–Crippen MR) is 262 cm³/mol. The number of aliphatic hydroxyl groups is 1. The molecule has 2 aromatic heterocycles. The van der Waals surface area contributed by atoms with Gasteiger partial charge in [0.05, 0.1) is 53.6 Å². The molecule has 5 heterocycles. The van der Waals surface area contributed by atoms with E-state index in [1.165, 1.54) is 24.1 Å². The molecule has 2 saturated heterocycles. The molecule has 0 radical (unpaired) electrons. The third kappa shape index (κ3) is 12.9. The Labute approximate surface area is 415 Å². The van der Waals surface area contributed by atoms with Gasteiger partial charge in [0.1, 0.15) is 23.2 Å². The number of hydrogen-bond acceptors (Lipinski definition) is 13. The fourth-order valence-corrected chi connectivity index (χ4v) is 9.98. The number of pyridine rings is 1. The Morgan fingerprint density at radius 2 is 1.70 bits per heavy atom. The number of aryl methyl sites for hydroxylation is 1. The minimum absolute atomic E-state index is 0.0376. The van der Waals surface area contributed by atoms with Crippen molar-refractivity contribution in [1.29, 1.82) is 0 Å². The van der Waals surface area contributed by atoms with E-state index in [4.69, 9.17) is 4.74 Å². The molecule has 71 heavy (non-hydrogen) atoms. The number of amides is 5. The molecule has 3 aliphatic heterocycles. The Kier molecular flexibility index (Phi) is 16.8. The second-order valence-electron chi connectivity index (χ2n) is 19.4. The van der Waals surface area contributed by atoms with E-state index in [1.54, 1.807) is 22.3 Å². The standard InChI is InChI=1S/C50H63F3N10O7S/c1-29(31-10-12-32(13-11-31)43-30(2)56-28-71-43)57-46(67)39-23-35(64)27-63(39)48(69)44(49(3,4)5)58-34-14-19-61(20-15-34)42(65)25-55-17-16-54-18-21-62-26-33-22-38(40(70-6)24-36(33)47(62)68)60-45(66)37-8-7-9-41(59-37)50(51,52)53/h7-13,22,24,28-29,34-35,39,44,54-55,58,64H,14-21,23,25-27H2,1-6H3,(H,57,67)(H,60,66)/t29-,35+,39-,44+/m0/s1. The number of carbonyl (C=O) groups excluding carboxylic acids is 5. The van der Waals surface area contributed by atoms with Gasteiger partial charge in [-0.2, -0.15) is 13.2 Å². The number of fused-ring (bicyclic) bond motifs is 1. The molecule has 3 aliphatic rings. The Bertz CT molecular complexity index is 2560. The molecule has 4 aromatic rings. The summed E-state index contributed by atoms with van der Waals surface area (Å²) in [7, 11) is 1.36. The number of hydrogen-bond donors (Lipinski definition) is 6. The summed E-state index contributed by atoms with van der Waals surface area (Å²) in [6.07, 6.45) is -4.12. The lowest BCUT2D eigenvalue weighted by Gasteiger charge is -2.40. The number of nitrogens with one attached hydrogen (secondary N) is 5. The van der Waals surface area contributed by atoms with E-state index in [1.807, 2.05) is 69.3 Å². The van der Waals surface area contributed by atoms with Crippen molar-refractivity contribution in [3.63, 3.8) is 0 Å². The quantitative estimate of drug-likeness (QED) is 0.0746. The van der Waals surface area contributed by atoms with Crippen molar-refractivity contribution in [3.8, 4) is 16.2 Å². The van der Waals surface area contributed by atoms with Gasteiger partial charge in [-0.25, -0.2) is 9.97 Å². The number of methoxy groups -OCH3 is 1. The number of aromatic nitrogens is 2. The highest BCUT2D eigenvalue weighted by Crippen LogP contribution is 2.35. The van der Waals surface area contributed by atoms with Gasteiger partial charge in [-0.3, -0.25) is 24.0 Å². The number of benzene rings is 2. The zero-order valence-corrected chi connectivity index (χ0v) is 41.6. The summed E-state index contributed by atoms with van der Waals surface area (Å²) in [4.78, 5) is 81.2. The van der Waals surface area contributed by atoms with Crippen LogP contribution in [0.15, 0.2) is 60.1 Å². The summed E-state index contributed by atoms with van der Waals surface area (Å²) < 4.78 is 44.9. The number of likely N-dealkylation sites (tertiary alicyclic amines) is 2. The molecule has 4 atom stereocenters. The summed E-state index contributed by atoms with van der Waals surface area (Å²) >= 11 is 1.58. The number of nitrogens with zero attached hydrogens (tertiary/aromatic N) is 5. The van der Waals surface area contributed by atoms with Crippen LogP contribution in [0, 0.1) is 12.3 Å². The minimum Gasteiger partial charge on any atom is -0.495 e. The lowest BCUT2D eigenvalue weighted by atomic mass is 9.84. The van der Waals surface area contributed by atoms with E-state index in [0.717, 1.165) is 33.8 Å². The van der Waals surface area contributed by atoms with Crippen LogP contribution in [0.1, 0.15) is 96.4 Å². The van der Waals surface area contributed by atoms with Crippen LogP contribution in [0.4, 0.5) is 18.9 Å². The predicted octanol–water partition coefficient (Wildman–Crippen LogP) is 4.76. The SMILES string of the molecule is COc1cc2c(cc1NC(=O)c1cccc(C(F)(F)F)n1)CN(CCNCCNCC(=O)N1CCC(N[C@H](C(=O)N3C[C@H](O)C[C@H]3C(=O)N[C@@H](C)c3ccc(-c4scnc4C)cc3)C(C)(C)C)CC1)C2=O. The van der Waals surface area contributed by atoms with Gasteiger partial charge < -0.3 is 51.1 Å². The van der Waals surface area contributed by atoms with E-state index >= 15 is 0 Å². The molecule has 2 aromatic carbocycles. The number of β-amino-alcohol motifs (C(OH)–C–C–N with tert-alkyl or cyclic N) is 1. The summed E-state index contributed by atoms with van der Waals surface area (Å²) in [6, 6.07) is 12.3. The molecule has 21 heteroatoms. The zero-order chi connectivity index (χ0) is 51.2. The third-order valence-electron chi connectivity index (χ3n) is 13.1. The number of thiazole rings is 1. The molecule has 0 spiro atoms. The van der Waals surface area contributed by atoms with E-state index in [9.17, 15) is 42.3 Å². The monoisotopic (exact) mass is 1000 g/mol. The summed E-state index contributed by atoms with van der Waals surface area (Å²) in [5.74, 6) is -1.51. The second-order valence-corrected chi connectivity index (χ2v) is 20.2. The highest BCUT2D eigenvalue weighted by atomic mass is 32.1. The first kappa shape index (κ1) is 52.8. The molecule has 2 fully saturated rings. The van der Waals surface area contributed by atoms with Crippen molar-refractivity contribution < 1.29 is 47.0 Å². The number of alkyl halides is 3. The average molecular weight is 1010 g/mol. The maximum Gasteiger partial charge on any atom is 0.433 e. The zero-order valence-electron chi connectivity index (χ0n) is 40.8. The molecule has 0 unspecified atom stereocenters. The Morgan fingerprint density at radius 1 is 0.986 bits per heavy atom. The number of carbonyl (C=O) groups is 5. The van der Waals surface area contributed by atoms with Crippen LogP contribution >= 0.6 is 11.3 Å². The van der Waals surface area contributed by atoms with Gasteiger partial charge in [0.15, 0.2) is 0 Å². The van der Waals surface area contributed by atoms with Crippen LogP contribution in [0.5, 0.6) is 5.75 Å². The van der Waals surface area contributed by atoms with Gasteiger partial charge in [0.25, 0.3) is 11.8 Å². The van der Waals surface area contributed by atoms with Crippen LogP contribution < -0.4 is 31.3 Å². The van der Waals surface area contributed by atoms with Crippen LogP contribution in [-0.2, 0) is 27.1 Å². The van der Waals surface area contributed by atoms with Crippen molar-refractivity contribution in [2.75, 3.05) is 64.8 Å². The van der Waals surface area contributed by atoms with Crippen molar-refractivity contribution in [2.45, 2.75) is 96.9 Å². The van der Waals surface area contributed by atoms with Gasteiger partial charge in [-0.05, 0) is 73.1 Å². The maximum absolute atomic E-state index is 14.3. The Balaban J connectivity index is 0.812. The lowest BCUT2D eigenvalue weighted by Crippen LogP contribution is -2.60. The minimum atomic E-state index is -4.71. The maximum atomic E-state index is 14.3. The first-order valence-corrected chi connectivity index (χ1v) is 24.7. The fourth-order valence-electron chi connectivity index (χ4n) is 9.17. The van der Waals surface area contributed by atoms with Crippen LogP contribution in [-0.4, -0.2) is 143 Å². The van der Waals surface area contributed by atoms with Gasteiger partial charge in [-0.1, -0.05) is 51.1 Å². The van der Waals surface area contributed by atoms with Crippen molar-refractivity contribution >= 4 is 46.6 Å². The van der Waals surface area contributed by atoms with E-state index < -0.39 is 47.1 Å². The van der Waals surface area contributed by atoms with Gasteiger partial charge >= 0.3 is 6.18 Å². The molecule has 0 saturated carbocycles. The molecular weight excluding hydrogens is 942 g/mol. The van der Waals surface area contributed by atoms with Crippen LogP contribution in [0.3, 0.4) is 0 Å². The van der Waals surface area contributed by atoms with Crippen molar-refractivity contribution in [1.82, 2.24) is 45.9 Å². The molecule has 17 nitrogen and oxygen atoms in total. The largest absolute Gasteiger partial charge is 0.495 e. The van der Waals surface area contributed by atoms with E-state index in [2.05, 4.69) is 36.6 Å². The number of anilines is 1. The second kappa shape index (κ2) is 22.6. The van der Waals surface area contributed by atoms with Gasteiger partial charge in [0, 0.05) is 70.4 Å². The smallest absolute Gasteiger partial charge is 0.433 e. The van der Waals surface area contributed by atoms with E-state index in [-0.39, 0.29) is 73.2 Å². The molecule has 6 N–H and O–H groups in total. The number of rotatable bonds is 18. The third-order valence-corrected chi connectivity index (χ3v) is 14.1. The topological polar surface area (TPSA) is 210 Å². The number of halogens is 3. The highest BCUT2D eigenvalue weighted by Gasteiger charge is 2.45. The van der Waals surface area contributed by atoms with Crippen LogP contribution in [0.25, 0.3) is 10.4 Å². The fraction of sp³-hybridized carbons (Fsp3) is 0.500. The molecule has 5 amide bonds. The van der Waals surface area contributed by atoms with Gasteiger partial charge in [-0.15, -0.1) is 11.3 Å². The van der Waals surface area contributed by atoms with Crippen molar-refractivity contribution in [2.24, 2.45) is 5.41 Å². The van der Waals surface area contributed by atoms with Crippen molar-refractivity contribution in [3.05, 3.63) is 93.9 Å². The Hall–Kier alpha value is -6.00. The first-order valence-electron chi connectivity index (χ1n) is 23.8.